The van der Waals surface area contributed by atoms with E-state index in [-0.39, 0.29) is 0 Å². The monoisotopic (exact) mass is 259 g/mol. The summed E-state index contributed by atoms with van der Waals surface area (Å²) < 4.78 is 14.4. The predicted octanol–water partition coefficient (Wildman–Crippen LogP) is 3.30. The molecule has 2 unspecified atom stereocenters. The fourth-order valence-electron chi connectivity index (χ4n) is 1.83. The van der Waals surface area contributed by atoms with E-state index in [0.717, 1.165) is 12.2 Å². The van der Waals surface area contributed by atoms with Crippen LogP contribution in [0, 0.1) is 0 Å². The van der Waals surface area contributed by atoms with Crippen LogP contribution in [-0.2, 0) is 11.5 Å². The van der Waals surface area contributed by atoms with Crippen molar-refractivity contribution in [2.45, 2.75) is 29.4 Å². The molecule has 4 heteroatoms. The van der Waals surface area contributed by atoms with Gasteiger partial charge in [0.05, 0.1) is 6.04 Å². The normalized spacial score (nSPS) is 20.2. The minimum Gasteiger partial charge on any atom is -0.313 e. The molecule has 1 heterocycles. The summed E-state index contributed by atoms with van der Waals surface area (Å²) >= 11 is 7.80. The standard InChI is InChI=1S/C12H15ClFNS/c1-8(15-2)12(13,14)10-3-4-11-9(7-10)5-6-16-11/h3-4,7-8,15H,5-6H2,1-2H3. The number of nitrogens with one attached hydrogen (secondary N) is 1. The SMILES string of the molecule is CNC(C)C(F)(Cl)c1ccc2c(c1)CCS2. The maximum atomic E-state index is 14.4. The van der Waals surface area contributed by atoms with Gasteiger partial charge in [-0.25, -0.2) is 4.39 Å². The van der Waals surface area contributed by atoms with Crippen molar-refractivity contribution >= 4 is 23.4 Å². The molecule has 0 amide bonds. The van der Waals surface area contributed by atoms with Crippen LogP contribution >= 0.6 is 23.4 Å². The van der Waals surface area contributed by atoms with Crippen molar-refractivity contribution in [2.24, 2.45) is 0 Å². The molecule has 0 bridgehead atoms. The summed E-state index contributed by atoms with van der Waals surface area (Å²) in [6.07, 6.45) is 1.01. The fourth-order valence-corrected chi connectivity index (χ4v) is 3.10. The second-order valence-electron chi connectivity index (χ2n) is 4.05. The summed E-state index contributed by atoms with van der Waals surface area (Å²) in [4.78, 5) is 1.26. The van der Waals surface area contributed by atoms with Gasteiger partial charge in [0, 0.05) is 16.2 Å². The molecule has 0 spiro atoms. The van der Waals surface area contributed by atoms with Gasteiger partial charge in [-0.05, 0) is 32.0 Å². The summed E-state index contributed by atoms with van der Waals surface area (Å²) in [6, 6.07) is 5.25. The summed E-state index contributed by atoms with van der Waals surface area (Å²) in [6.45, 7) is 1.75. The van der Waals surface area contributed by atoms with E-state index in [1.807, 2.05) is 23.9 Å². The van der Waals surface area contributed by atoms with E-state index in [1.165, 1.54) is 10.5 Å². The number of alkyl halides is 2. The quantitative estimate of drug-likeness (QED) is 0.836. The maximum absolute atomic E-state index is 14.4. The molecule has 2 rings (SSSR count). The number of halogens is 2. The van der Waals surface area contributed by atoms with Crippen molar-refractivity contribution in [1.82, 2.24) is 5.32 Å². The molecule has 1 aromatic rings. The highest BCUT2D eigenvalue weighted by Crippen LogP contribution is 2.39. The van der Waals surface area contributed by atoms with Crippen LogP contribution in [0.4, 0.5) is 4.39 Å². The Labute approximate surface area is 105 Å². The van der Waals surface area contributed by atoms with Gasteiger partial charge in [0.2, 0.25) is 5.13 Å². The van der Waals surface area contributed by atoms with Gasteiger partial charge in [0.25, 0.3) is 0 Å². The molecule has 0 aliphatic carbocycles. The van der Waals surface area contributed by atoms with Crippen molar-refractivity contribution in [3.8, 4) is 0 Å². The third-order valence-electron chi connectivity index (χ3n) is 3.05. The Morgan fingerprint density at radius 2 is 2.31 bits per heavy atom. The molecule has 0 saturated carbocycles. The Morgan fingerprint density at radius 3 is 3.00 bits per heavy atom. The van der Waals surface area contributed by atoms with E-state index in [9.17, 15) is 4.39 Å². The zero-order chi connectivity index (χ0) is 11.8. The van der Waals surface area contributed by atoms with E-state index >= 15 is 0 Å². The number of fused-ring (bicyclic) bond motifs is 1. The second-order valence-corrected chi connectivity index (χ2v) is 5.74. The smallest absolute Gasteiger partial charge is 0.223 e. The van der Waals surface area contributed by atoms with Crippen LogP contribution in [-0.4, -0.2) is 18.8 Å². The summed E-state index contributed by atoms with van der Waals surface area (Å²) in [5.74, 6) is 1.09. The lowest BCUT2D eigenvalue weighted by atomic mass is 10.0. The van der Waals surface area contributed by atoms with Crippen molar-refractivity contribution in [3.05, 3.63) is 29.3 Å². The molecule has 0 saturated heterocycles. The van der Waals surface area contributed by atoms with E-state index in [1.54, 1.807) is 20.0 Å². The second kappa shape index (κ2) is 4.55. The topological polar surface area (TPSA) is 12.0 Å². The van der Waals surface area contributed by atoms with Gasteiger partial charge in [-0.1, -0.05) is 23.7 Å². The maximum Gasteiger partial charge on any atom is 0.223 e. The first kappa shape index (κ1) is 12.2. The summed E-state index contributed by atoms with van der Waals surface area (Å²) in [7, 11) is 1.71. The largest absolute Gasteiger partial charge is 0.313 e. The highest BCUT2D eigenvalue weighted by atomic mass is 35.5. The Hall–Kier alpha value is -0.250. The number of likely N-dealkylation sites (N-methyl/N-ethyl adjacent to an activating group) is 1. The lowest BCUT2D eigenvalue weighted by Crippen LogP contribution is -2.37. The summed E-state index contributed by atoms with van der Waals surface area (Å²) in [5.41, 5.74) is 1.77. The zero-order valence-corrected chi connectivity index (χ0v) is 11.0. The third-order valence-corrected chi connectivity index (χ3v) is 4.71. The minimum atomic E-state index is -1.84. The number of aryl methyl sites for hydroxylation is 1. The number of thioether (sulfide) groups is 1. The molecule has 1 aromatic carbocycles. The van der Waals surface area contributed by atoms with E-state index < -0.39 is 11.2 Å². The van der Waals surface area contributed by atoms with Gasteiger partial charge in [-0.15, -0.1) is 11.8 Å². The molecule has 1 aliphatic heterocycles. The molecule has 1 nitrogen and oxygen atoms in total. The number of hydrogen-bond acceptors (Lipinski definition) is 2. The molecule has 2 atom stereocenters. The number of benzene rings is 1. The number of hydrogen-bond donors (Lipinski definition) is 1. The lowest BCUT2D eigenvalue weighted by Gasteiger charge is -2.25. The van der Waals surface area contributed by atoms with E-state index in [0.29, 0.717) is 5.56 Å². The molecular weight excluding hydrogens is 245 g/mol. The molecule has 88 valence electrons. The molecule has 0 fully saturated rings. The summed E-state index contributed by atoms with van der Waals surface area (Å²) in [5, 5.41) is 1.02. The lowest BCUT2D eigenvalue weighted by molar-refractivity contribution is 0.221. The molecule has 16 heavy (non-hydrogen) atoms. The minimum absolute atomic E-state index is 0.415. The van der Waals surface area contributed by atoms with Gasteiger partial charge < -0.3 is 5.32 Å². The Kier molecular flexibility index (Phi) is 3.48. The van der Waals surface area contributed by atoms with Crippen LogP contribution in [0.15, 0.2) is 23.1 Å². The average Bonchev–Trinajstić information content (AvgIpc) is 2.74. The Balaban J connectivity index is 2.34. The van der Waals surface area contributed by atoms with E-state index in [2.05, 4.69) is 5.32 Å². The third kappa shape index (κ3) is 2.08. The van der Waals surface area contributed by atoms with Crippen molar-refractivity contribution < 1.29 is 4.39 Å². The first-order valence-electron chi connectivity index (χ1n) is 5.37. The van der Waals surface area contributed by atoms with Gasteiger partial charge in [0.1, 0.15) is 0 Å². The fraction of sp³-hybridized carbons (Fsp3) is 0.500. The van der Waals surface area contributed by atoms with Crippen molar-refractivity contribution in [2.75, 3.05) is 12.8 Å². The predicted molar refractivity (Wildman–Crippen MR) is 68.0 cm³/mol. The molecule has 1 N–H and O–H groups in total. The van der Waals surface area contributed by atoms with Crippen LogP contribution < -0.4 is 5.32 Å². The van der Waals surface area contributed by atoms with Gasteiger partial charge >= 0.3 is 0 Å². The Bertz CT molecular complexity index is 395. The molecule has 1 aliphatic rings. The molecule has 0 aromatic heterocycles. The van der Waals surface area contributed by atoms with Gasteiger partial charge in [0.15, 0.2) is 0 Å². The highest BCUT2D eigenvalue weighted by molar-refractivity contribution is 7.99. The first-order chi connectivity index (χ1) is 7.55. The number of rotatable bonds is 3. The zero-order valence-electron chi connectivity index (χ0n) is 9.39. The first-order valence-corrected chi connectivity index (χ1v) is 6.73. The van der Waals surface area contributed by atoms with Crippen molar-refractivity contribution in [1.29, 1.82) is 0 Å². The average molecular weight is 260 g/mol. The molecular formula is C12H15ClFNS. The van der Waals surface area contributed by atoms with E-state index in [4.69, 9.17) is 11.6 Å². The van der Waals surface area contributed by atoms with Gasteiger partial charge in [-0.2, -0.15) is 0 Å². The van der Waals surface area contributed by atoms with Crippen LogP contribution in [0.2, 0.25) is 0 Å². The van der Waals surface area contributed by atoms with Crippen LogP contribution in [0.1, 0.15) is 18.1 Å². The van der Waals surface area contributed by atoms with Crippen molar-refractivity contribution in [3.63, 3.8) is 0 Å². The Morgan fingerprint density at radius 1 is 1.56 bits per heavy atom. The van der Waals surface area contributed by atoms with Gasteiger partial charge in [-0.3, -0.25) is 0 Å². The van der Waals surface area contributed by atoms with Crippen LogP contribution in [0.25, 0.3) is 0 Å². The highest BCUT2D eigenvalue weighted by Gasteiger charge is 2.35. The van der Waals surface area contributed by atoms with Crippen LogP contribution in [0.3, 0.4) is 0 Å². The van der Waals surface area contributed by atoms with Crippen LogP contribution in [0.5, 0.6) is 0 Å². The molecule has 0 radical (unpaired) electrons.